The first kappa shape index (κ1) is 8.45. The lowest BCUT2D eigenvalue weighted by Gasteiger charge is -1.99. The number of primary amides is 1. The van der Waals surface area contributed by atoms with Crippen LogP contribution in [0.2, 0.25) is 0 Å². The highest BCUT2D eigenvalue weighted by molar-refractivity contribution is 5.93. The van der Waals surface area contributed by atoms with Crippen LogP contribution in [-0.4, -0.2) is 15.9 Å². The molecule has 1 aromatic rings. The normalized spacial score (nSPS) is 9.75. The molecule has 0 bridgehead atoms. The van der Waals surface area contributed by atoms with Crippen molar-refractivity contribution in [3.8, 4) is 0 Å². The van der Waals surface area contributed by atoms with Gasteiger partial charge in [0.1, 0.15) is 5.56 Å². The Kier molecular flexibility index (Phi) is 2.23. The maximum atomic E-state index is 11.0. The third-order valence-electron chi connectivity index (χ3n) is 1.51. The molecule has 0 aromatic carbocycles. The molecular formula is C7H9N3O2. The minimum atomic E-state index is -0.735. The molecular weight excluding hydrogens is 158 g/mol. The fourth-order valence-corrected chi connectivity index (χ4v) is 0.959. The summed E-state index contributed by atoms with van der Waals surface area (Å²) >= 11 is 0. The quantitative estimate of drug-likeness (QED) is 0.618. The van der Waals surface area contributed by atoms with E-state index in [1.54, 1.807) is 6.92 Å². The zero-order valence-corrected chi connectivity index (χ0v) is 6.63. The summed E-state index contributed by atoms with van der Waals surface area (Å²) < 4.78 is 0. The highest BCUT2D eigenvalue weighted by Crippen LogP contribution is 1.97. The average molecular weight is 167 g/mol. The van der Waals surface area contributed by atoms with Crippen LogP contribution in [0.3, 0.4) is 0 Å². The number of nitrogens with zero attached hydrogens (tertiary/aromatic N) is 1. The summed E-state index contributed by atoms with van der Waals surface area (Å²) in [5.41, 5.74) is 4.91. The van der Waals surface area contributed by atoms with Gasteiger partial charge in [-0.05, 0) is 6.42 Å². The lowest BCUT2D eigenvalue weighted by molar-refractivity contribution is 0.0997. The van der Waals surface area contributed by atoms with E-state index in [1.165, 1.54) is 6.33 Å². The summed E-state index contributed by atoms with van der Waals surface area (Å²) in [7, 11) is 0. The van der Waals surface area contributed by atoms with E-state index in [0.29, 0.717) is 12.1 Å². The molecule has 1 heterocycles. The zero-order valence-electron chi connectivity index (χ0n) is 6.63. The van der Waals surface area contributed by atoms with Crippen LogP contribution in [0, 0.1) is 0 Å². The van der Waals surface area contributed by atoms with E-state index in [4.69, 9.17) is 5.73 Å². The van der Waals surface area contributed by atoms with Crippen LogP contribution in [0.25, 0.3) is 0 Å². The van der Waals surface area contributed by atoms with Gasteiger partial charge in [-0.3, -0.25) is 9.59 Å². The molecule has 0 atom stereocenters. The fraction of sp³-hybridized carbons (Fsp3) is 0.286. The average Bonchev–Trinajstić information content (AvgIpc) is 2.03. The SMILES string of the molecule is CCc1nc[nH]c(=O)c1C(N)=O. The number of amides is 1. The monoisotopic (exact) mass is 167 g/mol. The number of rotatable bonds is 2. The van der Waals surface area contributed by atoms with E-state index in [9.17, 15) is 9.59 Å². The highest BCUT2D eigenvalue weighted by atomic mass is 16.2. The number of hydrogen-bond acceptors (Lipinski definition) is 3. The van der Waals surface area contributed by atoms with Crippen LogP contribution in [0.1, 0.15) is 23.0 Å². The fourth-order valence-electron chi connectivity index (χ4n) is 0.959. The summed E-state index contributed by atoms with van der Waals surface area (Å²) in [6.45, 7) is 1.80. The molecule has 1 aromatic heterocycles. The van der Waals surface area contributed by atoms with Gasteiger partial charge in [0.2, 0.25) is 0 Å². The van der Waals surface area contributed by atoms with E-state index in [2.05, 4.69) is 9.97 Å². The van der Waals surface area contributed by atoms with Gasteiger partial charge in [-0.1, -0.05) is 6.92 Å². The molecule has 1 rings (SSSR count). The maximum absolute atomic E-state index is 11.0. The number of aromatic nitrogens is 2. The standard InChI is InChI=1S/C7H9N3O2/c1-2-4-5(6(8)11)7(12)10-3-9-4/h3H,2H2,1H3,(H2,8,11)(H,9,10,12). The number of carbonyl (C=O) groups is 1. The zero-order chi connectivity index (χ0) is 9.14. The van der Waals surface area contributed by atoms with Gasteiger partial charge in [0, 0.05) is 0 Å². The number of H-pyrrole nitrogens is 1. The molecule has 1 amide bonds. The number of nitrogens with one attached hydrogen (secondary N) is 1. The van der Waals surface area contributed by atoms with Gasteiger partial charge in [0.25, 0.3) is 11.5 Å². The number of aromatic amines is 1. The Morgan fingerprint density at radius 2 is 2.42 bits per heavy atom. The van der Waals surface area contributed by atoms with Crippen molar-refractivity contribution in [1.29, 1.82) is 0 Å². The summed E-state index contributed by atoms with van der Waals surface area (Å²) in [6.07, 6.45) is 1.77. The van der Waals surface area contributed by atoms with Crippen LogP contribution in [0.15, 0.2) is 11.1 Å². The maximum Gasteiger partial charge on any atom is 0.263 e. The molecule has 64 valence electrons. The summed E-state index contributed by atoms with van der Waals surface area (Å²) in [4.78, 5) is 27.9. The molecule has 0 saturated heterocycles. The molecule has 12 heavy (non-hydrogen) atoms. The smallest absolute Gasteiger partial charge is 0.263 e. The van der Waals surface area contributed by atoms with Gasteiger partial charge in [0.15, 0.2) is 0 Å². The molecule has 0 radical (unpaired) electrons. The van der Waals surface area contributed by atoms with Gasteiger partial charge >= 0.3 is 0 Å². The summed E-state index contributed by atoms with van der Waals surface area (Å²) in [5.74, 6) is -0.735. The van der Waals surface area contributed by atoms with Crippen LogP contribution < -0.4 is 11.3 Å². The number of carbonyl (C=O) groups excluding carboxylic acids is 1. The predicted octanol–water partition coefficient (Wildman–Crippen LogP) is -0.569. The van der Waals surface area contributed by atoms with Gasteiger partial charge < -0.3 is 10.7 Å². The first-order chi connectivity index (χ1) is 5.66. The number of hydrogen-bond donors (Lipinski definition) is 2. The Morgan fingerprint density at radius 3 is 2.83 bits per heavy atom. The largest absolute Gasteiger partial charge is 0.365 e. The number of aryl methyl sites for hydroxylation is 1. The topological polar surface area (TPSA) is 88.8 Å². The second kappa shape index (κ2) is 3.17. The molecule has 5 heteroatoms. The van der Waals surface area contributed by atoms with E-state index >= 15 is 0 Å². The first-order valence-electron chi connectivity index (χ1n) is 3.53. The van der Waals surface area contributed by atoms with Crippen molar-refractivity contribution in [3.63, 3.8) is 0 Å². The first-order valence-corrected chi connectivity index (χ1v) is 3.53. The van der Waals surface area contributed by atoms with Crippen LogP contribution >= 0.6 is 0 Å². The second-order valence-electron chi connectivity index (χ2n) is 2.27. The molecule has 0 unspecified atom stereocenters. The molecule has 0 aliphatic rings. The van der Waals surface area contributed by atoms with Crippen molar-refractivity contribution in [1.82, 2.24) is 9.97 Å². The number of nitrogens with two attached hydrogens (primary N) is 1. The van der Waals surface area contributed by atoms with Crippen molar-refractivity contribution in [2.45, 2.75) is 13.3 Å². The van der Waals surface area contributed by atoms with Crippen molar-refractivity contribution >= 4 is 5.91 Å². The third-order valence-corrected chi connectivity index (χ3v) is 1.51. The lowest BCUT2D eigenvalue weighted by Crippen LogP contribution is -2.26. The van der Waals surface area contributed by atoms with E-state index in [-0.39, 0.29) is 5.56 Å². The van der Waals surface area contributed by atoms with E-state index in [0.717, 1.165) is 0 Å². The van der Waals surface area contributed by atoms with E-state index < -0.39 is 11.5 Å². The highest BCUT2D eigenvalue weighted by Gasteiger charge is 2.11. The predicted molar refractivity (Wildman–Crippen MR) is 42.8 cm³/mol. The Morgan fingerprint density at radius 1 is 1.75 bits per heavy atom. The van der Waals surface area contributed by atoms with Crippen LogP contribution in [0.5, 0.6) is 0 Å². The Balaban J connectivity index is 3.40. The molecule has 0 aliphatic carbocycles. The lowest BCUT2D eigenvalue weighted by atomic mass is 10.2. The molecule has 0 aliphatic heterocycles. The third kappa shape index (κ3) is 1.34. The van der Waals surface area contributed by atoms with Gasteiger partial charge in [-0.2, -0.15) is 0 Å². The van der Waals surface area contributed by atoms with Crippen molar-refractivity contribution in [2.24, 2.45) is 5.73 Å². The molecule has 5 nitrogen and oxygen atoms in total. The molecule has 0 saturated carbocycles. The van der Waals surface area contributed by atoms with Gasteiger partial charge in [0.05, 0.1) is 12.0 Å². The Hall–Kier alpha value is -1.65. The van der Waals surface area contributed by atoms with Crippen molar-refractivity contribution in [3.05, 3.63) is 27.9 Å². The Labute approximate surface area is 68.6 Å². The van der Waals surface area contributed by atoms with Gasteiger partial charge in [-0.25, -0.2) is 4.98 Å². The molecule has 3 N–H and O–H groups in total. The van der Waals surface area contributed by atoms with Gasteiger partial charge in [-0.15, -0.1) is 0 Å². The summed E-state index contributed by atoms with van der Waals surface area (Å²) in [6, 6.07) is 0. The van der Waals surface area contributed by atoms with Crippen LogP contribution in [-0.2, 0) is 6.42 Å². The minimum Gasteiger partial charge on any atom is -0.365 e. The van der Waals surface area contributed by atoms with Crippen molar-refractivity contribution < 1.29 is 4.79 Å². The molecule has 0 fully saturated rings. The molecule has 0 spiro atoms. The van der Waals surface area contributed by atoms with Crippen LogP contribution in [0.4, 0.5) is 0 Å². The van der Waals surface area contributed by atoms with E-state index in [1.807, 2.05) is 0 Å². The summed E-state index contributed by atoms with van der Waals surface area (Å²) in [5, 5.41) is 0. The minimum absolute atomic E-state index is 0.0417. The van der Waals surface area contributed by atoms with Crippen molar-refractivity contribution in [2.75, 3.05) is 0 Å². The Bertz CT molecular complexity index is 356. The second-order valence-corrected chi connectivity index (χ2v) is 2.27.